The molecule has 1 fully saturated rings. The Kier molecular flexibility index (Phi) is 5.25. The highest BCUT2D eigenvalue weighted by Crippen LogP contribution is 2.25. The number of nitrogens with one attached hydrogen (secondary N) is 1. The number of hydrogen-bond donors (Lipinski definition) is 2. The van der Waals surface area contributed by atoms with Crippen LogP contribution < -0.4 is 5.32 Å². The SMILES string of the molecule is COC(=O)C1CCC(NC(=O)CCO)CC1. The molecule has 0 atom stereocenters. The average molecular weight is 229 g/mol. The maximum atomic E-state index is 11.3. The van der Waals surface area contributed by atoms with Gasteiger partial charge in [0.1, 0.15) is 0 Å². The lowest BCUT2D eigenvalue weighted by atomic mass is 9.86. The van der Waals surface area contributed by atoms with Crippen molar-refractivity contribution in [1.29, 1.82) is 0 Å². The first-order valence-electron chi connectivity index (χ1n) is 5.65. The Morgan fingerprint density at radius 1 is 1.31 bits per heavy atom. The smallest absolute Gasteiger partial charge is 0.308 e. The van der Waals surface area contributed by atoms with E-state index in [2.05, 4.69) is 10.1 Å². The molecule has 0 radical (unpaired) electrons. The lowest BCUT2D eigenvalue weighted by Crippen LogP contribution is -2.39. The second-order valence-electron chi connectivity index (χ2n) is 4.11. The summed E-state index contributed by atoms with van der Waals surface area (Å²) < 4.78 is 4.69. The van der Waals surface area contributed by atoms with E-state index in [4.69, 9.17) is 5.11 Å². The van der Waals surface area contributed by atoms with Crippen LogP contribution in [0, 0.1) is 5.92 Å². The topological polar surface area (TPSA) is 75.6 Å². The molecular formula is C11H19NO4. The van der Waals surface area contributed by atoms with Gasteiger partial charge in [-0.3, -0.25) is 9.59 Å². The van der Waals surface area contributed by atoms with Crippen LogP contribution in [0.15, 0.2) is 0 Å². The van der Waals surface area contributed by atoms with Gasteiger partial charge in [0.25, 0.3) is 0 Å². The van der Waals surface area contributed by atoms with Crippen molar-refractivity contribution in [3.63, 3.8) is 0 Å². The number of rotatable bonds is 4. The lowest BCUT2D eigenvalue weighted by molar-refractivity contribution is -0.146. The maximum Gasteiger partial charge on any atom is 0.308 e. The van der Waals surface area contributed by atoms with Gasteiger partial charge in [0.15, 0.2) is 0 Å². The molecule has 0 aromatic carbocycles. The van der Waals surface area contributed by atoms with Gasteiger partial charge in [-0.15, -0.1) is 0 Å². The summed E-state index contributed by atoms with van der Waals surface area (Å²) in [6.07, 6.45) is 3.28. The molecule has 5 nitrogen and oxygen atoms in total. The molecular weight excluding hydrogens is 210 g/mol. The maximum absolute atomic E-state index is 11.3. The molecule has 1 saturated carbocycles. The molecule has 2 N–H and O–H groups in total. The molecule has 1 aliphatic rings. The van der Waals surface area contributed by atoms with E-state index in [1.54, 1.807) is 0 Å². The monoisotopic (exact) mass is 229 g/mol. The Balaban J connectivity index is 2.26. The third kappa shape index (κ3) is 3.81. The van der Waals surface area contributed by atoms with Crippen LogP contribution >= 0.6 is 0 Å². The summed E-state index contributed by atoms with van der Waals surface area (Å²) >= 11 is 0. The molecule has 0 saturated heterocycles. The summed E-state index contributed by atoms with van der Waals surface area (Å²) in [5.74, 6) is -0.292. The number of ether oxygens (including phenoxy) is 1. The molecule has 0 aliphatic heterocycles. The molecule has 1 rings (SSSR count). The van der Waals surface area contributed by atoms with E-state index >= 15 is 0 Å². The largest absolute Gasteiger partial charge is 0.469 e. The molecule has 5 heteroatoms. The van der Waals surface area contributed by atoms with Crippen molar-refractivity contribution in [2.45, 2.75) is 38.1 Å². The fraction of sp³-hybridized carbons (Fsp3) is 0.818. The van der Waals surface area contributed by atoms with E-state index in [9.17, 15) is 9.59 Å². The van der Waals surface area contributed by atoms with Gasteiger partial charge in [0, 0.05) is 12.5 Å². The van der Waals surface area contributed by atoms with Crippen LogP contribution in [0.2, 0.25) is 0 Å². The first-order chi connectivity index (χ1) is 7.67. The van der Waals surface area contributed by atoms with Gasteiger partial charge < -0.3 is 15.2 Å². The quantitative estimate of drug-likeness (QED) is 0.676. The van der Waals surface area contributed by atoms with Gasteiger partial charge in [-0.2, -0.15) is 0 Å². The van der Waals surface area contributed by atoms with Crippen LogP contribution in [-0.2, 0) is 14.3 Å². The number of methoxy groups -OCH3 is 1. The highest BCUT2D eigenvalue weighted by molar-refractivity contribution is 5.76. The van der Waals surface area contributed by atoms with Gasteiger partial charge in [-0.25, -0.2) is 0 Å². The van der Waals surface area contributed by atoms with Crippen molar-refractivity contribution in [2.24, 2.45) is 5.92 Å². The van der Waals surface area contributed by atoms with Crippen molar-refractivity contribution in [2.75, 3.05) is 13.7 Å². The van der Waals surface area contributed by atoms with E-state index in [0.717, 1.165) is 25.7 Å². The Morgan fingerprint density at radius 2 is 1.94 bits per heavy atom. The molecule has 0 unspecified atom stereocenters. The van der Waals surface area contributed by atoms with Crippen LogP contribution in [0.3, 0.4) is 0 Å². The Labute approximate surface area is 95.2 Å². The summed E-state index contributed by atoms with van der Waals surface area (Å²) in [6.45, 7) is -0.122. The lowest BCUT2D eigenvalue weighted by Gasteiger charge is -2.27. The number of amides is 1. The second kappa shape index (κ2) is 6.48. The van der Waals surface area contributed by atoms with Gasteiger partial charge in [0.05, 0.1) is 19.6 Å². The van der Waals surface area contributed by atoms with Crippen LogP contribution in [0.4, 0.5) is 0 Å². The number of carbonyl (C=O) groups excluding carboxylic acids is 2. The zero-order valence-electron chi connectivity index (χ0n) is 9.57. The van der Waals surface area contributed by atoms with Crippen LogP contribution in [-0.4, -0.2) is 36.7 Å². The van der Waals surface area contributed by atoms with E-state index in [1.165, 1.54) is 7.11 Å². The van der Waals surface area contributed by atoms with Crippen LogP contribution in [0.25, 0.3) is 0 Å². The van der Waals surface area contributed by atoms with Crippen LogP contribution in [0.5, 0.6) is 0 Å². The first kappa shape index (κ1) is 13.0. The van der Waals surface area contributed by atoms with Gasteiger partial charge in [0.2, 0.25) is 5.91 Å². The van der Waals surface area contributed by atoms with Crippen molar-refractivity contribution in [1.82, 2.24) is 5.32 Å². The van der Waals surface area contributed by atoms with Gasteiger partial charge in [-0.1, -0.05) is 0 Å². The second-order valence-corrected chi connectivity index (χ2v) is 4.11. The van der Waals surface area contributed by atoms with E-state index in [-0.39, 0.29) is 36.9 Å². The third-order valence-corrected chi connectivity index (χ3v) is 2.97. The predicted octanol–water partition coefficient (Wildman–Crippen LogP) is 0.217. The minimum atomic E-state index is -0.153. The van der Waals surface area contributed by atoms with E-state index in [1.807, 2.05) is 0 Å². The van der Waals surface area contributed by atoms with E-state index in [0.29, 0.717) is 0 Å². The minimum absolute atomic E-state index is 0.0176. The Bertz CT molecular complexity index is 246. The third-order valence-electron chi connectivity index (χ3n) is 2.97. The number of aliphatic hydroxyl groups excluding tert-OH is 1. The molecule has 0 aromatic rings. The molecule has 1 aliphatic carbocycles. The predicted molar refractivity (Wildman–Crippen MR) is 57.6 cm³/mol. The highest BCUT2D eigenvalue weighted by atomic mass is 16.5. The summed E-state index contributed by atoms with van der Waals surface area (Å²) in [6, 6.07) is 0.139. The van der Waals surface area contributed by atoms with Crippen molar-refractivity contribution in [3.05, 3.63) is 0 Å². The van der Waals surface area contributed by atoms with Crippen molar-refractivity contribution >= 4 is 11.9 Å². The fourth-order valence-corrected chi connectivity index (χ4v) is 2.04. The molecule has 16 heavy (non-hydrogen) atoms. The van der Waals surface area contributed by atoms with Gasteiger partial charge >= 0.3 is 5.97 Å². The highest BCUT2D eigenvalue weighted by Gasteiger charge is 2.27. The Hall–Kier alpha value is -1.10. The summed E-state index contributed by atoms with van der Waals surface area (Å²) in [5, 5.41) is 11.4. The average Bonchev–Trinajstić information content (AvgIpc) is 2.29. The molecule has 0 aromatic heterocycles. The fourth-order valence-electron chi connectivity index (χ4n) is 2.04. The van der Waals surface area contributed by atoms with Crippen molar-refractivity contribution < 1.29 is 19.4 Å². The number of hydrogen-bond acceptors (Lipinski definition) is 4. The molecule has 0 bridgehead atoms. The van der Waals surface area contributed by atoms with Crippen LogP contribution in [0.1, 0.15) is 32.1 Å². The summed E-state index contributed by atoms with van der Waals surface area (Å²) in [4.78, 5) is 22.5. The zero-order valence-corrected chi connectivity index (χ0v) is 9.57. The normalized spacial score (nSPS) is 24.9. The number of aliphatic hydroxyl groups is 1. The molecule has 0 spiro atoms. The summed E-state index contributed by atoms with van der Waals surface area (Å²) in [5.41, 5.74) is 0. The number of carbonyl (C=O) groups is 2. The van der Waals surface area contributed by atoms with E-state index < -0.39 is 0 Å². The number of esters is 1. The summed E-state index contributed by atoms with van der Waals surface area (Å²) in [7, 11) is 1.40. The molecule has 1 amide bonds. The Morgan fingerprint density at radius 3 is 2.44 bits per heavy atom. The van der Waals surface area contributed by atoms with Crippen molar-refractivity contribution in [3.8, 4) is 0 Å². The molecule has 0 heterocycles. The van der Waals surface area contributed by atoms with Gasteiger partial charge in [-0.05, 0) is 25.7 Å². The zero-order chi connectivity index (χ0) is 12.0. The molecule has 92 valence electrons. The first-order valence-corrected chi connectivity index (χ1v) is 5.65. The minimum Gasteiger partial charge on any atom is -0.469 e. The standard InChI is InChI=1S/C11H19NO4/c1-16-11(15)8-2-4-9(5-3-8)12-10(14)6-7-13/h8-9,13H,2-7H2,1H3,(H,12,14).